The number of nitrogens with one attached hydrogen (secondary N) is 1. The van der Waals surface area contributed by atoms with E-state index < -0.39 is 12.0 Å². The molecule has 1 aliphatic carbocycles. The zero-order valence-electron chi connectivity index (χ0n) is 16.9. The third-order valence-electron chi connectivity index (χ3n) is 5.98. The Kier molecular flexibility index (Phi) is 6.57. The third-order valence-corrected chi connectivity index (χ3v) is 7.32. The molecular formula is C22H24ClN3O4S. The molecule has 3 atom stereocenters. The summed E-state index contributed by atoms with van der Waals surface area (Å²) in [4.78, 5) is 43.2. The Bertz CT molecular complexity index is 995. The predicted molar refractivity (Wildman–Crippen MR) is 118 cm³/mol. The van der Waals surface area contributed by atoms with Crippen molar-refractivity contribution >= 4 is 40.7 Å². The average Bonchev–Trinajstić information content (AvgIpc) is 3.39. The molecule has 7 nitrogen and oxygen atoms in total. The van der Waals surface area contributed by atoms with Crippen LogP contribution in [0, 0.1) is 0 Å². The molecule has 1 aliphatic heterocycles. The SMILES string of the molecule is O=C(O)CC1C(=O)NCCCC(=O)N1C1CCC(c2nc(-c3ccccc3Cl)cs2)C1. The number of aromatic nitrogens is 1. The van der Waals surface area contributed by atoms with Gasteiger partial charge in [0.1, 0.15) is 6.04 Å². The van der Waals surface area contributed by atoms with Crippen LogP contribution >= 0.6 is 22.9 Å². The van der Waals surface area contributed by atoms with Crippen molar-refractivity contribution in [3.63, 3.8) is 0 Å². The molecular weight excluding hydrogens is 438 g/mol. The summed E-state index contributed by atoms with van der Waals surface area (Å²) in [5.41, 5.74) is 1.72. The van der Waals surface area contributed by atoms with E-state index in [2.05, 4.69) is 5.32 Å². The second-order valence-electron chi connectivity index (χ2n) is 8.02. The Morgan fingerprint density at radius 2 is 2.10 bits per heavy atom. The first kappa shape index (κ1) is 21.8. The Morgan fingerprint density at radius 3 is 2.87 bits per heavy atom. The molecule has 1 aromatic carbocycles. The van der Waals surface area contributed by atoms with E-state index in [4.69, 9.17) is 16.6 Å². The topological polar surface area (TPSA) is 99.6 Å². The van der Waals surface area contributed by atoms with E-state index in [9.17, 15) is 19.5 Å². The Labute approximate surface area is 189 Å². The standard InChI is InChI=1S/C22H24ClN3O4S/c23-16-5-2-1-4-15(16)17-12-31-22(25-17)13-7-8-14(10-13)26-18(11-20(28)29)21(30)24-9-3-6-19(26)27/h1-2,4-5,12-14,18H,3,6-11H2,(H,24,30)(H,28,29). The molecule has 2 heterocycles. The fourth-order valence-electron chi connectivity index (χ4n) is 4.52. The van der Waals surface area contributed by atoms with Crippen molar-refractivity contribution in [2.24, 2.45) is 0 Å². The van der Waals surface area contributed by atoms with Gasteiger partial charge in [-0.05, 0) is 31.7 Å². The smallest absolute Gasteiger partial charge is 0.305 e. The van der Waals surface area contributed by atoms with Gasteiger partial charge in [-0.3, -0.25) is 14.4 Å². The molecule has 1 saturated heterocycles. The highest BCUT2D eigenvalue weighted by atomic mass is 35.5. The molecule has 0 bridgehead atoms. The highest BCUT2D eigenvalue weighted by molar-refractivity contribution is 7.10. The van der Waals surface area contributed by atoms with Crippen LogP contribution in [0.15, 0.2) is 29.6 Å². The molecule has 31 heavy (non-hydrogen) atoms. The minimum absolute atomic E-state index is 0.136. The molecule has 2 N–H and O–H groups in total. The molecule has 3 unspecified atom stereocenters. The lowest BCUT2D eigenvalue weighted by Crippen LogP contribution is -2.55. The van der Waals surface area contributed by atoms with Crippen LogP contribution in [0.1, 0.15) is 49.5 Å². The lowest BCUT2D eigenvalue weighted by Gasteiger charge is -2.36. The number of hydrogen-bond donors (Lipinski definition) is 2. The highest BCUT2D eigenvalue weighted by Gasteiger charge is 2.41. The fraction of sp³-hybridized carbons (Fsp3) is 0.455. The minimum Gasteiger partial charge on any atom is -0.481 e. The molecule has 2 aliphatic rings. The van der Waals surface area contributed by atoms with Crippen molar-refractivity contribution in [1.29, 1.82) is 0 Å². The number of benzene rings is 1. The van der Waals surface area contributed by atoms with E-state index in [1.165, 1.54) is 0 Å². The zero-order chi connectivity index (χ0) is 22.0. The van der Waals surface area contributed by atoms with E-state index in [0.29, 0.717) is 30.8 Å². The van der Waals surface area contributed by atoms with Crippen molar-refractivity contribution in [3.05, 3.63) is 39.7 Å². The maximum absolute atomic E-state index is 12.9. The van der Waals surface area contributed by atoms with Crippen LogP contribution in [0.4, 0.5) is 0 Å². The number of halogens is 1. The number of carboxylic acid groups (broad SMARTS) is 1. The number of hydrogen-bond acceptors (Lipinski definition) is 5. The van der Waals surface area contributed by atoms with Gasteiger partial charge >= 0.3 is 5.97 Å². The fourth-order valence-corrected chi connectivity index (χ4v) is 5.72. The van der Waals surface area contributed by atoms with E-state index in [-0.39, 0.29) is 30.2 Å². The van der Waals surface area contributed by atoms with Crippen molar-refractivity contribution < 1.29 is 19.5 Å². The molecule has 0 spiro atoms. The van der Waals surface area contributed by atoms with E-state index >= 15 is 0 Å². The zero-order valence-corrected chi connectivity index (χ0v) is 18.5. The number of nitrogens with zero attached hydrogens (tertiary/aromatic N) is 2. The van der Waals surface area contributed by atoms with Gasteiger partial charge in [0.15, 0.2) is 0 Å². The first-order valence-corrected chi connectivity index (χ1v) is 11.7. The predicted octanol–water partition coefficient (Wildman–Crippen LogP) is 3.68. The molecule has 2 amide bonds. The third kappa shape index (κ3) is 4.75. The molecule has 9 heteroatoms. The van der Waals surface area contributed by atoms with Gasteiger partial charge in [0, 0.05) is 40.9 Å². The largest absolute Gasteiger partial charge is 0.481 e. The summed E-state index contributed by atoms with van der Waals surface area (Å²) in [5.74, 6) is -1.44. The number of rotatable bonds is 5. The summed E-state index contributed by atoms with van der Waals surface area (Å²) >= 11 is 7.88. The maximum atomic E-state index is 12.9. The van der Waals surface area contributed by atoms with Crippen LogP contribution in [-0.4, -0.2) is 51.4 Å². The molecule has 1 aromatic heterocycles. The maximum Gasteiger partial charge on any atom is 0.305 e. The Balaban J connectivity index is 1.54. The number of carboxylic acids is 1. The van der Waals surface area contributed by atoms with Crippen LogP contribution in [0.25, 0.3) is 11.3 Å². The van der Waals surface area contributed by atoms with Crippen LogP contribution in [0.2, 0.25) is 5.02 Å². The summed E-state index contributed by atoms with van der Waals surface area (Å²) < 4.78 is 0. The number of aliphatic carboxylic acids is 1. The van der Waals surface area contributed by atoms with Crippen LogP contribution in [-0.2, 0) is 14.4 Å². The monoisotopic (exact) mass is 461 g/mol. The van der Waals surface area contributed by atoms with E-state index in [1.54, 1.807) is 16.2 Å². The lowest BCUT2D eigenvalue weighted by atomic mass is 10.0. The summed E-state index contributed by atoms with van der Waals surface area (Å²) in [6.45, 7) is 0.395. The second-order valence-corrected chi connectivity index (χ2v) is 9.32. The Morgan fingerprint density at radius 1 is 1.29 bits per heavy atom. The molecule has 0 radical (unpaired) electrons. The minimum atomic E-state index is -1.09. The first-order valence-electron chi connectivity index (χ1n) is 10.4. The van der Waals surface area contributed by atoms with Gasteiger partial charge in [0.2, 0.25) is 11.8 Å². The van der Waals surface area contributed by atoms with Crippen molar-refractivity contribution in [3.8, 4) is 11.3 Å². The van der Waals surface area contributed by atoms with E-state index in [0.717, 1.165) is 29.1 Å². The van der Waals surface area contributed by atoms with Gasteiger partial charge in [-0.1, -0.05) is 29.8 Å². The summed E-state index contributed by atoms with van der Waals surface area (Å²) in [6.07, 6.45) is 2.72. The van der Waals surface area contributed by atoms with Crippen LogP contribution < -0.4 is 5.32 Å². The molecule has 164 valence electrons. The normalized spacial score (nSPS) is 24.5. The average molecular weight is 462 g/mol. The van der Waals surface area contributed by atoms with Crippen molar-refractivity contribution in [2.75, 3.05) is 6.54 Å². The van der Waals surface area contributed by atoms with E-state index in [1.807, 2.05) is 29.6 Å². The van der Waals surface area contributed by atoms with Gasteiger partial charge in [-0.2, -0.15) is 0 Å². The van der Waals surface area contributed by atoms with Gasteiger partial charge in [-0.25, -0.2) is 4.98 Å². The number of carbonyl (C=O) groups is 3. The number of thiazole rings is 1. The second kappa shape index (κ2) is 9.36. The summed E-state index contributed by atoms with van der Waals surface area (Å²) in [7, 11) is 0. The highest BCUT2D eigenvalue weighted by Crippen LogP contribution is 2.41. The Hall–Kier alpha value is -2.45. The number of carbonyl (C=O) groups excluding carboxylic acids is 2. The first-order chi connectivity index (χ1) is 14.9. The molecule has 2 fully saturated rings. The number of amides is 2. The van der Waals surface area contributed by atoms with Crippen molar-refractivity contribution in [2.45, 2.75) is 56.5 Å². The molecule has 1 saturated carbocycles. The summed E-state index contributed by atoms with van der Waals surface area (Å²) in [6, 6.07) is 6.44. The quantitative estimate of drug-likeness (QED) is 0.707. The van der Waals surface area contributed by atoms with Crippen LogP contribution in [0.5, 0.6) is 0 Å². The lowest BCUT2D eigenvalue weighted by molar-refractivity contribution is -0.149. The van der Waals surface area contributed by atoms with Gasteiger partial charge in [0.25, 0.3) is 0 Å². The van der Waals surface area contributed by atoms with Gasteiger partial charge < -0.3 is 15.3 Å². The molecule has 2 aromatic rings. The van der Waals surface area contributed by atoms with Gasteiger partial charge in [-0.15, -0.1) is 11.3 Å². The van der Waals surface area contributed by atoms with Crippen molar-refractivity contribution in [1.82, 2.24) is 15.2 Å². The molecule has 4 rings (SSSR count). The summed E-state index contributed by atoms with van der Waals surface area (Å²) in [5, 5.41) is 15.7. The van der Waals surface area contributed by atoms with Crippen LogP contribution in [0.3, 0.4) is 0 Å². The van der Waals surface area contributed by atoms with Gasteiger partial charge in [0.05, 0.1) is 17.1 Å².